The summed E-state index contributed by atoms with van der Waals surface area (Å²) < 4.78 is 11.4. The van der Waals surface area contributed by atoms with Crippen molar-refractivity contribution >= 4 is 11.9 Å². The molecular weight excluding hydrogens is 428 g/mol. The van der Waals surface area contributed by atoms with E-state index < -0.39 is 55.0 Å². The van der Waals surface area contributed by atoms with Crippen LogP contribution in [0.15, 0.2) is 72.5 Å². The highest BCUT2D eigenvalue weighted by molar-refractivity contribution is 5.87. The van der Waals surface area contributed by atoms with Crippen molar-refractivity contribution in [2.45, 2.75) is 43.4 Å². The monoisotopic (exact) mass is 456 g/mol. The van der Waals surface area contributed by atoms with Crippen LogP contribution >= 0.6 is 0 Å². The average molecular weight is 456 g/mol. The number of nitrogens with two attached hydrogens (primary N) is 1. The predicted molar refractivity (Wildman–Crippen MR) is 118 cm³/mol. The molecule has 0 spiro atoms. The van der Waals surface area contributed by atoms with Crippen LogP contribution in [0.4, 0.5) is 0 Å². The van der Waals surface area contributed by atoms with Gasteiger partial charge in [-0.15, -0.1) is 0 Å². The topological polar surface area (TPSA) is 151 Å². The summed E-state index contributed by atoms with van der Waals surface area (Å²) in [6.45, 7) is 0.507. The van der Waals surface area contributed by atoms with Gasteiger partial charge in [-0.25, -0.2) is 4.79 Å². The molecule has 0 fully saturated rings. The van der Waals surface area contributed by atoms with E-state index in [1.807, 2.05) is 60.7 Å². The molecule has 0 aliphatic carbocycles. The van der Waals surface area contributed by atoms with E-state index in [0.717, 1.165) is 11.1 Å². The lowest BCUT2D eigenvalue weighted by molar-refractivity contribution is -0.154. The molecule has 0 bridgehead atoms. The highest BCUT2D eigenvalue weighted by Gasteiger charge is 2.43. The van der Waals surface area contributed by atoms with E-state index in [-0.39, 0.29) is 5.76 Å². The Hall–Kier alpha value is -3.24. The fraction of sp³-hybridized carbons (Fsp3) is 0.333. The van der Waals surface area contributed by atoms with Crippen molar-refractivity contribution in [3.63, 3.8) is 0 Å². The van der Waals surface area contributed by atoms with Crippen molar-refractivity contribution in [2.75, 3.05) is 6.61 Å². The van der Waals surface area contributed by atoms with E-state index in [2.05, 4.69) is 5.32 Å². The summed E-state index contributed by atoms with van der Waals surface area (Å²) in [5, 5.41) is 32.2. The van der Waals surface area contributed by atoms with Gasteiger partial charge in [0.2, 0.25) is 11.7 Å². The van der Waals surface area contributed by atoms with Crippen molar-refractivity contribution in [2.24, 2.45) is 5.73 Å². The van der Waals surface area contributed by atoms with Gasteiger partial charge in [0.15, 0.2) is 6.10 Å². The lowest BCUT2D eigenvalue weighted by atomic mass is 9.92. The lowest BCUT2D eigenvalue weighted by Crippen LogP contribution is -2.62. The molecule has 2 aromatic rings. The zero-order valence-electron chi connectivity index (χ0n) is 18.1. The van der Waals surface area contributed by atoms with Gasteiger partial charge < -0.3 is 35.8 Å². The molecule has 5 atom stereocenters. The molecule has 2 aromatic carbocycles. The number of hydrogen-bond acceptors (Lipinski definition) is 8. The Balaban J connectivity index is 1.88. The molecule has 0 unspecified atom stereocenters. The molecule has 1 aliphatic rings. The highest BCUT2D eigenvalue weighted by atomic mass is 16.6. The van der Waals surface area contributed by atoms with Gasteiger partial charge in [-0.05, 0) is 17.2 Å². The van der Waals surface area contributed by atoms with Gasteiger partial charge in [0.05, 0.1) is 18.7 Å². The van der Waals surface area contributed by atoms with Gasteiger partial charge >= 0.3 is 5.97 Å². The van der Waals surface area contributed by atoms with Crippen LogP contribution in [0.2, 0.25) is 0 Å². The molecule has 9 heteroatoms. The van der Waals surface area contributed by atoms with Gasteiger partial charge in [-0.3, -0.25) is 4.79 Å². The van der Waals surface area contributed by atoms with Crippen LogP contribution in [0, 0.1) is 0 Å². The van der Waals surface area contributed by atoms with Gasteiger partial charge in [-0.2, -0.15) is 0 Å². The van der Waals surface area contributed by atoms with Crippen molar-refractivity contribution in [1.82, 2.24) is 5.32 Å². The number of rotatable bonds is 8. The number of hydrogen-bond donors (Lipinski definition) is 5. The van der Waals surface area contributed by atoms with Crippen LogP contribution in [0.5, 0.6) is 0 Å². The first kappa shape index (κ1) is 24.4. The number of amides is 1. The SMILES string of the molecule is CC(=O)N[C@H]1[C@H]([C@H](O)[C@H](O)CO)OC(C(=O)OC(c2ccccc2)c2ccccc2)=C[C@@H]1N. The smallest absolute Gasteiger partial charge is 0.374 e. The van der Waals surface area contributed by atoms with Crippen LogP contribution < -0.4 is 11.1 Å². The van der Waals surface area contributed by atoms with Crippen LogP contribution in [-0.2, 0) is 19.1 Å². The zero-order chi connectivity index (χ0) is 24.0. The van der Waals surface area contributed by atoms with Crippen LogP contribution in [0.1, 0.15) is 24.2 Å². The van der Waals surface area contributed by atoms with E-state index in [4.69, 9.17) is 15.2 Å². The molecule has 9 nitrogen and oxygen atoms in total. The molecule has 0 aromatic heterocycles. The molecule has 1 heterocycles. The molecule has 176 valence electrons. The minimum absolute atomic E-state index is 0.268. The summed E-state index contributed by atoms with van der Waals surface area (Å²) in [5.41, 5.74) is 7.62. The summed E-state index contributed by atoms with van der Waals surface area (Å²) in [6, 6.07) is 16.4. The fourth-order valence-electron chi connectivity index (χ4n) is 3.64. The number of carbonyl (C=O) groups excluding carboxylic acids is 2. The van der Waals surface area contributed by atoms with Crippen LogP contribution in [0.3, 0.4) is 0 Å². The van der Waals surface area contributed by atoms with Gasteiger partial charge in [0, 0.05) is 6.92 Å². The van der Waals surface area contributed by atoms with E-state index in [1.54, 1.807) is 0 Å². The first-order chi connectivity index (χ1) is 15.8. The quantitative estimate of drug-likeness (QED) is 0.352. The summed E-state index contributed by atoms with van der Waals surface area (Å²) >= 11 is 0. The molecular formula is C24H28N2O7. The molecule has 0 saturated heterocycles. The maximum atomic E-state index is 13.1. The number of nitrogens with one attached hydrogen (secondary N) is 1. The first-order valence-electron chi connectivity index (χ1n) is 10.5. The van der Waals surface area contributed by atoms with Crippen molar-refractivity contribution in [3.05, 3.63) is 83.6 Å². The Bertz CT molecular complexity index is 928. The molecule has 0 radical (unpaired) electrons. The summed E-state index contributed by atoms with van der Waals surface area (Å²) in [6.07, 6.45) is -3.95. The zero-order valence-corrected chi connectivity index (χ0v) is 18.1. The van der Waals surface area contributed by atoms with E-state index in [1.165, 1.54) is 13.0 Å². The number of carbonyl (C=O) groups is 2. The summed E-state index contributed by atoms with van der Waals surface area (Å²) in [5.74, 6) is -1.54. The number of benzene rings is 2. The van der Waals surface area contributed by atoms with Gasteiger partial charge in [-0.1, -0.05) is 60.7 Å². The third-order valence-electron chi connectivity index (χ3n) is 5.29. The van der Waals surface area contributed by atoms with E-state index >= 15 is 0 Å². The van der Waals surface area contributed by atoms with E-state index in [9.17, 15) is 24.9 Å². The standard InChI is InChI=1S/C24H28N2O7/c1-14(28)26-20-17(25)12-19(32-23(20)21(30)18(29)13-27)24(31)33-22(15-8-4-2-5-9-15)16-10-6-3-7-11-16/h2-12,17-18,20-23,27,29-30H,13,25H2,1H3,(H,26,28)/t17-,18+,20+,21+,23+/m0/s1. The number of esters is 1. The summed E-state index contributed by atoms with van der Waals surface area (Å²) in [4.78, 5) is 24.7. The maximum absolute atomic E-state index is 13.1. The Morgan fingerprint density at radius 3 is 2.09 bits per heavy atom. The normalized spacial score (nSPS) is 22.0. The molecule has 0 saturated carbocycles. The fourth-order valence-corrected chi connectivity index (χ4v) is 3.64. The predicted octanol–water partition coefficient (Wildman–Crippen LogP) is 0.148. The second kappa shape index (κ2) is 11.1. The molecule has 6 N–H and O–H groups in total. The first-order valence-corrected chi connectivity index (χ1v) is 10.5. The average Bonchev–Trinajstić information content (AvgIpc) is 2.83. The van der Waals surface area contributed by atoms with Gasteiger partial charge in [0.25, 0.3) is 0 Å². The second-order valence-electron chi connectivity index (χ2n) is 7.76. The minimum Gasteiger partial charge on any atom is -0.478 e. The second-order valence-corrected chi connectivity index (χ2v) is 7.76. The van der Waals surface area contributed by atoms with E-state index in [0.29, 0.717) is 0 Å². The number of aliphatic hydroxyl groups excluding tert-OH is 3. The molecule has 1 aliphatic heterocycles. The third kappa shape index (κ3) is 5.96. The van der Waals surface area contributed by atoms with Gasteiger partial charge in [0.1, 0.15) is 18.3 Å². The Morgan fingerprint density at radius 1 is 1.06 bits per heavy atom. The largest absolute Gasteiger partial charge is 0.478 e. The van der Waals surface area contributed by atoms with Crippen LogP contribution in [0.25, 0.3) is 0 Å². The maximum Gasteiger partial charge on any atom is 0.374 e. The van der Waals surface area contributed by atoms with Crippen molar-refractivity contribution < 1.29 is 34.4 Å². The Morgan fingerprint density at radius 2 is 1.61 bits per heavy atom. The number of aliphatic hydroxyl groups is 3. The third-order valence-corrected chi connectivity index (χ3v) is 5.29. The highest BCUT2D eigenvalue weighted by Crippen LogP contribution is 2.29. The molecule has 1 amide bonds. The van der Waals surface area contributed by atoms with Crippen molar-refractivity contribution in [3.8, 4) is 0 Å². The molecule has 33 heavy (non-hydrogen) atoms. The Kier molecular flexibility index (Phi) is 8.18. The number of ether oxygens (including phenoxy) is 2. The lowest BCUT2D eigenvalue weighted by Gasteiger charge is -2.39. The Labute approximate surface area is 191 Å². The summed E-state index contributed by atoms with van der Waals surface area (Å²) in [7, 11) is 0. The van der Waals surface area contributed by atoms with Crippen LogP contribution in [-0.4, -0.2) is 64.2 Å². The molecule has 3 rings (SSSR count). The minimum atomic E-state index is -1.63. The van der Waals surface area contributed by atoms with Crippen molar-refractivity contribution in [1.29, 1.82) is 0 Å².